The molecule has 1 unspecified atom stereocenters. The molecule has 0 bridgehead atoms. The van der Waals surface area contributed by atoms with Crippen molar-refractivity contribution in [2.75, 3.05) is 13.2 Å². The molecule has 6 heteroatoms. The number of rotatable bonds is 45. The van der Waals surface area contributed by atoms with Gasteiger partial charge in [0.15, 0.2) is 6.10 Å². The van der Waals surface area contributed by atoms with Gasteiger partial charge in [-0.2, -0.15) is 0 Å². The molecule has 0 aliphatic heterocycles. The maximum absolute atomic E-state index is 12.8. The van der Waals surface area contributed by atoms with Gasteiger partial charge in [-0.15, -0.1) is 0 Å². The molecule has 0 rings (SSSR count). The first-order valence-electron chi connectivity index (χ1n) is 26.3. The normalized spacial score (nSPS) is 13.2. The molecular weight excluding hydrogens is 817 g/mol. The van der Waals surface area contributed by atoms with Gasteiger partial charge in [0.2, 0.25) is 0 Å². The molecule has 370 valence electrons. The predicted octanol–water partition coefficient (Wildman–Crippen LogP) is 17.5. The van der Waals surface area contributed by atoms with Crippen molar-refractivity contribution in [2.45, 2.75) is 213 Å². The Kier molecular flexibility index (Phi) is 49.6. The van der Waals surface area contributed by atoms with Gasteiger partial charge in [-0.1, -0.05) is 225 Å². The van der Waals surface area contributed by atoms with Crippen LogP contribution in [0.1, 0.15) is 207 Å². The third-order valence-corrected chi connectivity index (χ3v) is 10.5. The summed E-state index contributed by atoms with van der Waals surface area (Å²) in [4.78, 5) is 38.0. The largest absolute Gasteiger partial charge is 0.462 e. The highest BCUT2D eigenvalue weighted by atomic mass is 16.6. The molecule has 0 saturated heterocycles. The molecule has 0 aromatic heterocycles. The molecule has 0 radical (unpaired) electrons. The first-order chi connectivity index (χ1) is 32.5. The van der Waals surface area contributed by atoms with Crippen LogP contribution in [0.5, 0.6) is 0 Å². The van der Waals surface area contributed by atoms with E-state index in [1.54, 1.807) is 0 Å². The van der Waals surface area contributed by atoms with Crippen molar-refractivity contribution < 1.29 is 28.6 Å². The van der Waals surface area contributed by atoms with Gasteiger partial charge in [0.1, 0.15) is 13.2 Å². The van der Waals surface area contributed by atoms with Crippen LogP contribution in [-0.4, -0.2) is 37.2 Å². The van der Waals surface area contributed by atoms with E-state index in [1.165, 1.54) is 64.2 Å². The minimum Gasteiger partial charge on any atom is -0.462 e. The van der Waals surface area contributed by atoms with Crippen molar-refractivity contribution in [3.05, 3.63) is 134 Å². The number of esters is 3. The standard InChI is InChI=1S/C60H94O6/c1-4-7-10-13-16-19-22-25-27-29-31-32-35-38-41-44-47-50-53-59(62)65-56-57(55-64-58(61)52-49-46-43-40-37-34-24-21-18-15-12-9-6-3)66-60(63)54-51-48-45-42-39-36-33-30-28-26-23-20-17-14-11-8-5-2/h9,12,15-16,18-19,21-22,24-29,31-34,36-37,42,45,57H,4-8,10-11,13-14,17,20,23,30,35,38-41,43-44,46-56H2,1-3H3/b12-9-,18-15-,19-16-,24-21-,25-22-,28-26-,29-27-,32-31-,36-33-,37-34-,45-42-. The Hall–Kier alpha value is -4.45. The molecule has 66 heavy (non-hydrogen) atoms. The second-order valence-electron chi connectivity index (χ2n) is 16.9. The molecule has 0 N–H and O–H groups in total. The molecule has 0 heterocycles. The van der Waals surface area contributed by atoms with Crippen LogP contribution in [0.25, 0.3) is 0 Å². The van der Waals surface area contributed by atoms with Crippen molar-refractivity contribution in [1.82, 2.24) is 0 Å². The third-order valence-electron chi connectivity index (χ3n) is 10.5. The molecule has 0 aliphatic rings. The lowest BCUT2D eigenvalue weighted by Crippen LogP contribution is -2.30. The summed E-state index contributed by atoms with van der Waals surface area (Å²) in [7, 11) is 0. The summed E-state index contributed by atoms with van der Waals surface area (Å²) in [6.07, 6.45) is 74.4. The van der Waals surface area contributed by atoms with Gasteiger partial charge in [-0.05, 0) is 96.3 Å². The average molecular weight is 911 g/mol. The van der Waals surface area contributed by atoms with E-state index >= 15 is 0 Å². The summed E-state index contributed by atoms with van der Waals surface area (Å²) >= 11 is 0. The molecule has 0 spiro atoms. The number of ether oxygens (including phenoxy) is 3. The molecular formula is C60H94O6. The van der Waals surface area contributed by atoms with E-state index in [4.69, 9.17) is 14.2 Å². The Morgan fingerprint density at radius 3 is 1.15 bits per heavy atom. The fourth-order valence-electron chi connectivity index (χ4n) is 6.60. The second-order valence-corrected chi connectivity index (χ2v) is 16.9. The van der Waals surface area contributed by atoms with Gasteiger partial charge in [0, 0.05) is 19.3 Å². The Bertz CT molecular complexity index is 1460. The van der Waals surface area contributed by atoms with E-state index in [9.17, 15) is 14.4 Å². The van der Waals surface area contributed by atoms with Crippen LogP contribution in [0.2, 0.25) is 0 Å². The maximum Gasteiger partial charge on any atom is 0.306 e. The Morgan fingerprint density at radius 1 is 0.333 bits per heavy atom. The summed E-state index contributed by atoms with van der Waals surface area (Å²) in [6.45, 7) is 6.33. The van der Waals surface area contributed by atoms with Gasteiger partial charge in [0.25, 0.3) is 0 Å². The molecule has 0 fully saturated rings. The smallest absolute Gasteiger partial charge is 0.306 e. The highest BCUT2D eigenvalue weighted by Crippen LogP contribution is 2.12. The van der Waals surface area contributed by atoms with E-state index in [2.05, 4.69) is 118 Å². The molecule has 0 aromatic carbocycles. The summed E-state index contributed by atoms with van der Waals surface area (Å²) in [5, 5.41) is 0. The molecule has 0 amide bonds. The number of hydrogen-bond acceptors (Lipinski definition) is 6. The lowest BCUT2D eigenvalue weighted by Gasteiger charge is -2.18. The zero-order chi connectivity index (χ0) is 47.9. The number of carbonyl (C=O) groups is 3. The van der Waals surface area contributed by atoms with E-state index in [1.807, 2.05) is 36.5 Å². The lowest BCUT2D eigenvalue weighted by molar-refractivity contribution is -0.167. The number of unbranched alkanes of at least 4 members (excludes halogenated alkanes) is 18. The van der Waals surface area contributed by atoms with E-state index < -0.39 is 6.10 Å². The highest BCUT2D eigenvalue weighted by molar-refractivity contribution is 5.71. The molecule has 0 aliphatic carbocycles. The third kappa shape index (κ3) is 50.5. The second kappa shape index (κ2) is 53.2. The van der Waals surface area contributed by atoms with Crippen LogP contribution >= 0.6 is 0 Å². The topological polar surface area (TPSA) is 78.9 Å². The van der Waals surface area contributed by atoms with Crippen molar-refractivity contribution in [1.29, 1.82) is 0 Å². The number of carbonyl (C=O) groups excluding carboxylic acids is 3. The molecule has 1 atom stereocenters. The lowest BCUT2D eigenvalue weighted by atomic mass is 10.1. The van der Waals surface area contributed by atoms with Crippen molar-refractivity contribution >= 4 is 17.9 Å². The molecule has 6 nitrogen and oxygen atoms in total. The van der Waals surface area contributed by atoms with Gasteiger partial charge in [0.05, 0.1) is 0 Å². The van der Waals surface area contributed by atoms with Crippen LogP contribution in [0.15, 0.2) is 134 Å². The minimum absolute atomic E-state index is 0.128. The Balaban J connectivity index is 4.59. The van der Waals surface area contributed by atoms with Crippen molar-refractivity contribution in [3.8, 4) is 0 Å². The van der Waals surface area contributed by atoms with Crippen LogP contribution in [0, 0.1) is 0 Å². The fraction of sp³-hybridized carbons (Fsp3) is 0.583. The van der Waals surface area contributed by atoms with E-state index in [0.29, 0.717) is 19.3 Å². The van der Waals surface area contributed by atoms with Crippen LogP contribution in [0.4, 0.5) is 0 Å². The van der Waals surface area contributed by atoms with Gasteiger partial charge < -0.3 is 14.2 Å². The SMILES string of the molecule is CC\C=C/C=C\C=C/C=C\CCCCCC(=O)OCC(COC(=O)CCCCCCC\C=C/C=C\C=C/C=C\CCCCC)OC(=O)CCC/C=C\C/C=C\C/C=C\CCCCCCCC. The first-order valence-corrected chi connectivity index (χ1v) is 26.3. The minimum atomic E-state index is -0.835. The maximum atomic E-state index is 12.8. The van der Waals surface area contributed by atoms with Crippen LogP contribution < -0.4 is 0 Å². The molecule has 0 saturated carbocycles. The highest BCUT2D eigenvalue weighted by Gasteiger charge is 2.19. The number of allylic oxidation sites excluding steroid dienone is 22. The van der Waals surface area contributed by atoms with Crippen LogP contribution in [-0.2, 0) is 28.6 Å². The summed E-state index contributed by atoms with van der Waals surface area (Å²) in [5.74, 6) is -1.05. The zero-order valence-electron chi connectivity index (χ0n) is 42.1. The summed E-state index contributed by atoms with van der Waals surface area (Å²) in [5.41, 5.74) is 0. The number of hydrogen-bond donors (Lipinski definition) is 0. The predicted molar refractivity (Wildman–Crippen MR) is 283 cm³/mol. The Morgan fingerprint density at radius 2 is 0.667 bits per heavy atom. The summed E-state index contributed by atoms with van der Waals surface area (Å²) < 4.78 is 16.7. The van der Waals surface area contributed by atoms with E-state index in [-0.39, 0.29) is 37.5 Å². The first kappa shape index (κ1) is 61.5. The van der Waals surface area contributed by atoms with Gasteiger partial charge in [-0.3, -0.25) is 14.4 Å². The van der Waals surface area contributed by atoms with Crippen LogP contribution in [0.3, 0.4) is 0 Å². The summed E-state index contributed by atoms with van der Waals surface area (Å²) in [6, 6.07) is 0. The van der Waals surface area contributed by atoms with Crippen molar-refractivity contribution in [3.63, 3.8) is 0 Å². The average Bonchev–Trinajstić information content (AvgIpc) is 3.31. The van der Waals surface area contributed by atoms with Gasteiger partial charge in [-0.25, -0.2) is 0 Å². The van der Waals surface area contributed by atoms with E-state index in [0.717, 1.165) is 96.3 Å². The zero-order valence-corrected chi connectivity index (χ0v) is 42.1. The monoisotopic (exact) mass is 911 g/mol. The molecule has 0 aromatic rings. The van der Waals surface area contributed by atoms with Crippen molar-refractivity contribution in [2.24, 2.45) is 0 Å². The van der Waals surface area contributed by atoms with Gasteiger partial charge >= 0.3 is 17.9 Å². The fourth-order valence-corrected chi connectivity index (χ4v) is 6.60. The quantitative estimate of drug-likeness (QED) is 0.0199. The Labute approximate surface area is 405 Å².